The molecule has 11 aromatic rings. The molecule has 1 aromatic heterocycles. The van der Waals surface area contributed by atoms with Gasteiger partial charge in [0.2, 0.25) is 0 Å². The van der Waals surface area contributed by atoms with E-state index in [-0.39, 0.29) is 0 Å². The number of fused-ring (bicyclic) bond motifs is 11. The highest BCUT2D eigenvalue weighted by Gasteiger charge is 2.45. The zero-order valence-corrected chi connectivity index (χ0v) is 38.8. The Hall–Kier alpha value is -8.16. The van der Waals surface area contributed by atoms with Crippen LogP contribution in [0.2, 0.25) is 0 Å². The van der Waals surface area contributed by atoms with Crippen LogP contribution in [0, 0.1) is 0 Å². The van der Waals surface area contributed by atoms with E-state index in [4.69, 9.17) is 9.47 Å². The number of anilines is 3. The molecule has 0 fully saturated rings. The molecule has 2 aliphatic heterocycles. The lowest BCUT2D eigenvalue weighted by molar-refractivity contribution is 0.451. The fraction of sp³-hybridized carbons (Fsp3) is 0.0159. The molecule has 0 saturated heterocycles. The first kappa shape index (κ1) is 40.0. The van der Waals surface area contributed by atoms with Crippen LogP contribution in [0.25, 0.3) is 39.6 Å². The highest BCUT2D eigenvalue weighted by molar-refractivity contribution is 8.00. The first-order valence-electron chi connectivity index (χ1n) is 23.2. The maximum Gasteiger partial charge on any atom is 0.166 e. The molecule has 0 saturated carbocycles. The molecular weight excluding hydrogens is 881 g/mol. The van der Waals surface area contributed by atoms with Crippen LogP contribution in [0.3, 0.4) is 0 Å². The molecule has 0 atom stereocenters. The molecule has 3 heterocycles. The Morgan fingerprint density at radius 1 is 0.391 bits per heavy atom. The van der Waals surface area contributed by atoms with E-state index in [2.05, 4.69) is 246 Å². The third kappa shape index (κ3) is 6.19. The predicted octanol–water partition coefficient (Wildman–Crippen LogP) is 17.6. The van der Waals surface area contributed by atoms with E-state index in [1.807, 2.05) is 6.07 Å². The minimum Gasteiger partial charge on any atom is -0.455 e. The van der Waals surface area contributed by atoms with Crippen LogP contribution in [-0.4, -0.2) is 4.57 Å². The monoisotopic (exact) mass is 920 g/mol. The van der Waals surface area contributed by atoms with Crippen LogP contribution in [0.15, 0.2) is 250 Å². The number of hydrogen-bond donors (Lipinski definition) is 0. The van der Waals surface area contributed by atoms with Gasteiger partial charge in [0, 0.05) is 27.8 Å². The van der Waals surface area contributed by atoms with Gasteiger partial charge >= 0.3 is 0 Å². The summed E-state index contributed by atoms with van der Waals surface area (Å²) in [6.07, 6.45) is 4.68. The van der Waals surface area contributed by atoms with Gasteiger partial charge < -0.3 is 18.9 Å². The summed E-state index contributed by atoms with van der Waals surface area (Å²) in [7, 11) is 0. The molecule has 326 valence electrons. The van der Waals surface area contributed by atoms with Crippen molar-refractivity contribution in [3.05, 3.63) is 264 Å². The van der Waals surface area contributed by atoms with Gasteiger partial charge in [0.05, 0.1) is 41.7 Å². The van der Waals surface area contributed by atoms with Gasteiger partial charge in [-0.3, -0.25) is 0 Å². The van der Waals surface area contributed by atoms with Crippen LogP contribution in [-0.2, 0) is 5.41 Å². The molecule has 1 aliphatic carbocycles. The van der Waals surface area contributed by atoms with Gasteiger partial charge in [-0.1, -0.05) is 181 Å². The molecule has 4 nitrogen and oxygen atoms in total. The molecule has 0 radical (unpaired) electrons. The number of rotatable bonds is 6. The van der Waals surface area contributed by atoms with E-state index in [0.29, 0.717) is 0 Å². The van der Waals surface area contributed by atoms with Gasteiger partial charge in [-0.2, -0.15) is 0 Å². The van der Waals surface area contributed by atoms with Crippen LogP contribution in [0.5, 0.6) is 23.0 Å². The highest BCUT2D eigenvalue weighted by atomic mass is 32.2. The number of aromatic nitrogens is 1. The van der Waals surface area contributed by atoms with Gasteiger partial charge in [-0.25, -0.2) is 0 Å². The summed E-state index contributed by atoms with van der Waals surface area (Å²) in [4.78, 5) is 6.70. The molecule has 0 bridgehead atoms. The zero-order chi connectivity index (χ0) is 45.5. The lowest BCUT2D eigenvalue weighted by Gasteiger charge is -2.40. The number of nitrogens with zero attached hydrogens (tertiary/aromatic N) is 2. The molecule has 10 aromatic carbocycles. The predicted molar refractivity (Wildman–Crippen MR) is 284 cm³/mol. The molecule has 0 unspecified atom stereocenters. The molecule has 6 heteroatoms. The Bertz CT molecular complexity index is 3770. The summed E-state index contributed by atoms with van der Waals surface area (Å²) >= 11 is 3.58. The van der Waals surface area contributed by atoms with Crippen molar-refractivity contribution in [3.8, 4) is 28.7 Å². The quantitative estimate of drug-likeness (QED) is 0.166. The van der Waals surface area contributed by atoms with Crippen molar-refractivity contribution in [2.75, 3.05) is 4.90 Å². The summed E-state index contributed by atoms with van der Waals surface area (Å²) in [6.45, 7) is 0. The van der Waals surface area contributed by atoms with E-state index in [1.54, 1.807) is 23.5 Å². The fourth-order valence-corrected chi connectivity index (χ4v) is 13.0. The molecule has 14 rings (SSSR count). The first-order valence-corrected chi connectivity index (χ1v) is 24.9. The molecule has 0 N–H and O–H groups in total. The lowest BCUT2D eigenvalue weighted by Crippen LogP contribution is -2.33. The van der Waals surface area contributed by atoms with Crippen LogP contribution < -0.4 is 14.4 Å². The van der Waals surface area contributed by atoms with Gasteiger partial charge in [0.15, 0.2) is 5.75 Å². The Morgan fingerprint density at radius 2 is 0.928 bits per heavy atom. The Kier molecular flexibility index (Phi) is 9.26. The maximum atomic E-state index is 7.29. The summed E-state index contributed by atoms with van der Waals surface area (Å²) in [5, 5.41) is 2.31. The molecule has 3 aliphatic rings. The van der Waals surface area contributed by atoms with Crippen molar-refractivity contribution < 1.29 is 9.47 Å². The minimum absolute atomic E-state index is 0.789. The van der Waals surface area contributed by atoms with Gasteiger partial charge in [-0.15, -0.1) is 0 Å². The van der Waals surface area contributed by atoms with E-state index in [1.165, 1.54) is 22.3 Å². The van der Waals surface area contributed by atoms with Gasteiger partial charge in [-0.05, 0) is 118 Å². The topological polar surface area (TPSA) is 26.6 Å². The average Bonchev–Trinajstić information content (AvgIpc) is 3.65. The van der Waals surface area contributed by atoms with E-state index in [0.717, 1.165) is 98.3 Å². The van der Waals surface area contributed by atoms with Gasteiger partial charge in [0.1, 0.15) is 17.2 Å². The smallest absolute Gasteiger partial charge is 0.166 e. The zero-order valence-electron chi connectivity index (χ0n) is 37.1. The fourth-order valence-electron chi connectivity index (χ4n) is 10.9. The SMILES string of the molecule is C1=Cc2c(cc(-n3c4ccccc4c4cc(N(c5ccccc5)c5ccccc5)ccc43)c3c2Sc2ccccc2O3)C(c2ccccc2)(c2ccccc2)c2ccc3c(c21)Sc1ccccc1O3. The normalized spacial score (nSPS) is 13.7. The van der Waals surface area contributed by atoms with Crippen molar-refractivity contribution in [3.63, 3.8) is 0 Å². The maximum absolute atomic E-state index is 7.29. The van der Waals surface area contributed by atoms with Crippen LogP contribution in [0.1, 0.15) is 33.4 Å². The number of para-hydroxylation sites is 5. The second kappa shape index (κ2) is 16.0. The Balaban J connectivity index is 1.09. The lowest BCUT2D eigenvalue weighted by atomic mass is 9.63. The minimum atomic E-state index is -0.789. The molecule has 0 spiro atoms. The second-order valence-corrected chi connectivity index (χ2v) is 19.7. The van der Waals surface area contributed by atoms with Crippen molar-refractivity contribution >= 4 is 74.5 Å². The highest BCUT2D eigenvalue weighted by Crippen LogP contribution is 2.60. The largest absolute Gasteiger partial charge is 0.455 e. The Morgan fingerprint density at radius 3 is 1.59 bits per heavy atom. The summed E-state index contributed by atoms with van der Waals surface area (Å²) in [6, 6.07) is 82.8. The van der Waals surface area contributed by atoms with Crippen LogP contribution in [0.4, 0.5) is 17.1 Å². The Labute approximate surface area is 408 Å². The van der Waals surface area contributed by atoms with Crippen molar-refractivity contribution in [1.82, 2.24) is 4.57 Å². The third-order valence-electron chi connectivity index (χ3n) is 13.8. The molecule has 0 amide bonds. The standard InChI is InChI=1S/C63H40N2O2S2/c1-5-19-41(20-6-1)63(42-21-7-2-8-22-42)50-36-38-57-61(68-58-31-17-15-29-55(58)66-57)47(50)34-35-48-51(63)40-54(60-62(48)69-59-32-18-16-30-56(59)67-60)65-52-28-14-13-27-46(52)49-39-45(33-37-53(49)65)64(43-23-9-3-10-24-43)44-25-11-4-12-26-44/h1-40H. The molecule has 69 heavy (non-hydrogen) atoms. The van der Waals surface area contributed by atoms with Crippen molar-refractivity contribution in [1.29, 1.82) is 0 Å². The second-order valence-electron chi connectivity index (χ2n) is 17.5. The third-order valence-corrected chi connectivity index (χ3v) is 16.1. The summed E-state index contributed by atoms with van der Waals surface area (Å²) in [5.74, 6) is 3.42. The number of benzene rings is 10. The molecular formula is C63H40N2O2S2. The van der Waals surface area contributed by atoms with Gasteiger partial charge in [0.25, 0.3) is 0 Å². The summed E-state index contributed by atoms with van der Waals surface area (Å²) < 4.78 is 16.4. The van der Waals surface area contributed by atoms with E-state index < -0.39 is 5.41 Å². The van der Waals surface area contributed by atoms with Crippen LogP contribution >= 0.6 is 23.5 Å². The van der Waals surface area contributed by atoms with Crippen molar-refractivity contribution in [2.24, 2.45) is 0 Å². The average molecular weight is 921 g/mol. The number of ether oxygens (including phenoxy) is 2. The number of hydrogen-bond acceptors (Lipinski definition) is 5. The van der Waals surface area contributed by atoms with E-state index in [9.17, 15) is 0 Å². The van der Waals surface area contributed by atoms with E-state index >= 15 is 0 Å². The van der Waals surface area contributed by atoms with Crippen molar-refractivity contribution in [2.45, 2.75) is 25.0 Å². The first-order chi connectivity index (χ1) is 34.2. The summed E-state index contributed by atoms with van der Waals surface area (Å²) in [5.41, 5.74) is 12.6.